The molecule has 0 aromatic heterocycles. The minimum absolute atomic E-state index is 0. The van der Waals surface area contributed by atoms with Gasteiger partial charge in [0.2, 0.25) is 0 Å². The Balaban J connectivity index is 0.00000151. The third-order valence-corrected chi connectivity index (χ3v) is 31.5. The van der Waals surface area contributed by atoms with Crippen LogP contribution in [0.25, 0.3) is 39.5 Å². The van der Waals surface area contributed by atoms with Crippen molar-refractivity contribution in [1.29, 1.82) is 0 Å². The van der Waals surface area contributed by atoms with Gasteiger partial charge in [0.05, 0.1) is 0 Å². The van der Waals surface area contributed by atoms with Crippen molar-refractivity contribution in [1.82, 2.24) is 0 Å². The van der Waals surface area contributed by atoms with E-state index in [0.29, 0.717) is 3.63 Å². The number of hydrogen-bond donors (Lipinski definition) is 0. The quantitative estimate of drug-likeness (QED) is 0.249. The normalized spacial score (nSPS) is 16.9. The van der Waals surface area contributed by atoms with Crippen molar-refractivity contribution < 1.29 is 45.7 Å². The van der Waals surface area contributed by atoms with Gasteiger partial charge in [0.1, 0.15) is 0 Å². The molecule has 4 heteroatoms. The number of allylic oxidation sites excluding steroid dienone is 1. The van der Waals surface area contributed by atoms with Crippen LogP contribution in [-0.4, -0.2) is 5.92 Å². The molecular weight excluding hydrogens is 635 g/mol. The van der Waals surface area contributed by atoms with Crippen LogP contribution in [0, 0.1) is 6.92 Å². The third-order valence-electron chi connectivity index (χ3n) is 9.22. The van der Waals surface area contributed by atoms with Gasteiger partial charge in [-0.05, 0) is 0 Å². The topological polar surface area (TPSA) is 0 Å². The Hall–Kier alpha value is -2.48. The van der Waals surface area contributed by atoms with E-state index in [2.05, 4.69) is 129 Å². The maximum absolute atomic E-state index is 2.66. The second-order valence-electron chi connectivity index (χ2n) is 11.3. The minimum atomic E-state index is -2.00. The fraction of sp³-hybridized carbons (Fsp3) is 0.135. The van der Waals surface area contributed by atoms with Crippen LogP contribution in [0.4, 0.5) is 0 Å². The van der Waals surface area contributed by atoms with Crippen LogP contribution < -0.4 is 38.5 Å². The van der Waals surface area contributed by atoms with Gasteiger partial charge >= 0.3 is 242 Å². The fourth-order valence-corrected chi connectivity index (χ4v) is 33.8. The Bertz CT molecular complexity index is 1810. The van der Waals surface area contributed by atoms with Crippen LogP contribution in [-0.2, 0) is 20.9 Å². The SMILES string of the molecule is CCCC1=Cc2c(ccc(-c3ccccc3)c2-c2ccccc2C)[CH]1[Zr+2]1[c]2cccc3c2[SiH]1c1ccccc1-3.[Cl-].[Cl-]. The molecule has 0 fully saturated rings. The van der Waals surface area contributed by atoms with E-state index in [9.17, 15) is 0 Å². The van der Waals surface area contributed by atoms with Crippen LogP contribution in [0.1, 0.15) is 40.1 Å². The average Bonchev–Trinajstić information content (AvgIpc) is 3.48. The summed E-state index contributed by atoms with van der Waals surface area (Å²) in [5.74, 6) is -1.09. The monoisotopic (exact) mass is 663 g/mol. The first kappa shape index (κ1) is 28.6. The molecule has 0 spiro atoms. The summed E-state index contributed by atoms with van der Waals surface area (Å²) >= 11 is -2.00. The summed E-state index contributed by atoms with van der Waals surface area (Å²) in [5, 5.41) is 3.57. The van der Waals surface area contributed by atoms with Gasteiger partial charge < -0.3 is 24.8 Å². The van der Waals surface area contributed by atoms with E-state index in [4.69, 9.17) is 0 Å². The molecule has 201 valence electrons. The van der Waals surface area contributed by atoms with Gasteiger partial charge in [0.15, 0.2) is 0 Å². The van der Waals surface area contributed by atoms with Crippen LogP contribution in [0.15, 0.2) is 115 Å². The van der Waals surface area contributed by atoms with E-state index in [1.165, 1.54) is 46.2 Å². The molecular formula is C37H31Cl2SiZr. The Morgan fingerprint density at radius 3 is 2.17 bits per heavy atom. The molecule has 0 bridgehead atoms. The van der Waals surface area contributed by atoms with Crippen molar-refractivity contribution in [3.63, 3.8) is 0 Å². The fourth-order valence-electron chi connectivity index (χ4n) is 7.62. The second kappa shape index (κ2) is 11.3. The smallest absolute Gasteiger partial charge is 1.00 e. The third kappa shape index (κ3) is 4.25. The van der Waals surface area contributed by atoms with E-state index < -0.39 is 26.8 Å². The van der Waals surface area contributed by atoms with Crippen LogP contribution >= 0.6 is 0 Å². The first-order chi connectivity index (χ1) is 19.3. The maximum Gasteiger partial charge on any atom is -1.00 e. The summed E-state index contributed by atoms with van der Waals surface area (Å²) in [5.41, 5.74) is 14.9. The Morgan fingerprint density at radius 1 is 0.683 bits per heavy atom. The van der Waals surface area contributed by atoms with Crippen LogP contribution in [0.3, 0.4) is 0 Å². The zero-order chi connectivity index (χ0) is 26.1. The van der Waals surface area contributed by atoms with Crippen molar-refractivity contribution in [2.45, 2.75) is 30.3 Å². The molecule has 3 aliphatic rings. The first-order valence-electron chi connectivity index (χ1n) is 14.3. The molecule has 5 aromatic carbocycles. The minimum Gasteiger partial charge on any atom is -1.00 e. The molecule has 2 unspecified atom stereocenters. The molecule has 0 saturated heterocycles. The molecule has 2 atom stereocenters. The molecule has 8 rings (SSSR count). The number of rotatable bonds is 5. The van der Waals surface area contributed by atoms with E-state index in [1.807, 2.05) is 8.46 Å². The van der Waals surface area contributed by atoms with Crippen molar-refractivity contribution in [2.75, 3.05) is 0 Å². The Kier molecular flexibility index (Phi) is 7.90. The van der Waals surface area contributed by atoms with Gasteiger partial charge in [-0.2, -0.15) is 0 Å². The molecule has 0 nitrogen and oxygen atoms in total. The average molecular weight is 666 g/mol. The van der Waals surface area contributed by atoms with E-state index in [1.54, 1.807) is 27.5 Å². The van der Waals surface area contributed by atoms with Crippen LogP contribution in [0.2, 0.25) is 0 Å². The number of hydrogen-bond acceptors (Lipinski definition) is 0. The second-order valence-corrected chi connectivity index (χ2v) is 26.3. The molecule has 1 aliphatic carbocycles. The molecule has 0 N–H and O–H groups in total. The molecule has 0 radical (unpaired) electrons. The van der Waals surface area contributed by atoms with Crippen molar-refractivity contribution in [2.24, 2.45) is 0 Å². The van der Waals surface area contributed by atoms with Crippen LogP contribution in [0.5, 0.6) is 0 Å². The Labute approximate surface area is 264 Å². The zero-order valence-corrected chi connectivity index (χ0v) is 28.4. The van der Waals surface area contributed by atoms with Gasteiger partial charge in [-0.25, -0.2) is 0 Å². The summed E-state index contributed by atoms with van der Waals surface area (Å²) in [6.45, 7) is 4.64. The van der Waals surface area contributed by atoms with Crippen molar-refractivity contribution in [3.05, 3.63) is 131 Å². The maximum atomic E-state index is 2.66. The summed E-state index contributed by atoms with van der Waals surface area (Å²) in [4.78, 5) is 0. The standard InChI is InChI=1S/C25H23.C12H8Si.2ClH.Zr/c1-3-9-19-16-21-14-15-23(20-11-5-4-6-12-20)25(24(21)17-19)22-13-8-7-10-18(22)2;1-3-7-11-9(5-1)10-6-2-4-8-12(10)13-11;;;/h4-8,10-17H,3,9H2,1-2H3;1-7,13H;2*1H;/q;;;;+2/p-2. The molecule has 2 aliphatic heterocycles. The van der Waals surface area contributed by atoms with E-state index >= 15 is 0 Å². The Morgan fingerprint density at radius 2 is 1.39 bits per heavy atom. The van der Waals surface area contributed by atoms with Gasteiger partial charge in [0.25, 0.3) is 0 Å². The van der Waals surface area contributed by atoms with Gasteiger partial charge in [-0.1, -0.05) is 0 Å². The zero-order valence-electron chi connectivity index (χ0n) is 23.3. The van der Waals surface area contributed by atoms with Gasteiger partial charge in [-0.15, -0.1) is 0 Å². The summed E-state index contributed by atoms with van der Waals surface area (Å²) in [6, 6.07) is 41.7. The molecule has 0 saturated carbocycles. The predicted octanol–water partition coefficient (Wildman–Crippen LogP) is 1.35. The van der Waals surface area contributed by atoms with Gasteiger partial charge in [-0.3, -0.25) is 0 Å². The van der Waals surface area contributed by atoms with E-state index in [-0.39, 0.29) is 24.8 Å². The molecule has 0 amide bonds. The summed E-state index contributed by atoms with van der Waals surface area (Å²) in [7, 11) is 0. The predicted molar refractivity (Wildman–Crippen MR) is 166 cm³/mol. The summed E-state index contributed by atoms with van der Waals surface area (Å²) in [6.07, 6.45) is 5.09. The molecule has 2 heterocycles. The number of benzene rings is 5. The number of halogens is 2. The van der Waals surface area contributed by atoms with Crippen molar-refractivity contribution >= 4 is 25.6 Å². The largest absolute Gasteiger partial charge is 1.00 e. The molecule has 41 heavy (non-hydrogen) atoms. The number of aryl methyl sites for hydroxylation is 1. The molecule has 5 aromatic rings. The van der Waals surface area contributed by atoms with E-state index in [0.717, 1.165) is 0 Å². The van der Waals surface area contributed by atoms with Gasteiger partial charge in [0, 0.05) is 0 Å². The summed E-state index contributed by atoms with van der Waals surface area (Å²) < 4.78 is 2.51. The first-order valence-corrected chi connectivity index (χ1v) is 23.0. The van der Waals surface area contributed by atoms with Crippen molar-refractivity contribution in [3.8, 4) is 33.4 Å². The number of fused-ring (bicyclic) bond motifs is 4.